The van der Waals surface area contributed by atoms with Crippen molar-refractivity contribution in [2.24, 2.45) is 0 Å². The fourth-order valence-corrected chi connectivity index (χ4v) is 2.67. The summed E-state index contributed by atoms with van der Waals surface area (Å²) in [5, 5.41) is 3.40. The predicted molar refractivity (Wildman–Crippen MR) is 101 cm³/mol. The summed E-state index contributed by atoms with van der Waals surface area (Å²) in [5.74, 6) is 0.821. The Hall–Kier alpha value is -3.31. The Bertz CT molecular complexity index is 1100. The first-order valence-electron chi connectivity index (χ1n) is 7.86. The molecular formula is C20H13ClN2O3. The number of fused-ring (bicyclic) bond motifs is 1. The Balaban J connectivity index is 1.55. The first-order valence-corrected chi connectivity index (χ1v) is 8.24. The lowest BCUT2D eigenvalue weighted by molar-refractivity contribution is -0.111. The normalized spacial score (nSPS) is 11.3. The van der Waals surface area contributed by atoms with Gasteiger partial charge in [0.2, 0.25) is 11.8 Å². The van der Waals surface area contributed by atoms with E-state index in [1.54, 1.807) is 54.8 Å². The summed E-state index contributed by atoms with van der Waals surface area (Å²) < 4.78 is 10.9. The van der Waals surface area contributed by atoms with E-state index in [9.17, 15) is 4.79 Å². The third-order valence-corrected chi connectivity index (χ3v) is 3.90. The molecule has 0 fully saturated rings. The molecular weight excluding hydrogens is 352 g/mol. The van der Waals surface area contributed by atoms with Gasteiger partial charge < -0.3 is 14.2 Å². The molecule has 0 spiro atoms. The zero-order valence-electron chi connectivity index (χ0n) is 13.5. The average Bonchev–Trinajstić information content (AvgIpc) is 3.29. The summed E-state index contributed by atoms with van der Waals surface area (Å²) in [6.07, 6.45) is 4.55. The number of carbonyl (C=O) groups excluding carboxylic acids is 1. The number of oxazole rings is 1. The molecule has 0 atom stereocenters. The predicted octanol–water partition coefficient (Wildman–Crippen LogP) is 5.39. The highest BCUT2D eigenvalue weighted by Gasteiger charge is 2.10. The van der Waals surface area contributed by atoms with E-state index in [0.717, 1.165) is 5.56 Å². The van der Waals surface area contributed by atoms with Gasteiger partial charge >= 0.3 is 0 Å². The van der Waals surface area contributed by atoms with E-state index >= 15 is 0 Å². The van der Waals surface area contributed by atoms with Crippen molar-refractivity contribution >= 4 is 40.4 Å². The van der Waals surface area contributed by atoms with Crippen LogP contribution in [0.4, 0.5) is 5.69 Å². The lowest BCUT2D eigenvalue weighted by atomic mass is 10.2. The maximum absolute atomic E-state index is 12.0. The number of halogens is 1. The summed E-state index contributed by atoms with van der Waals surface area (Å²) in [5.41, 5.74) is 2.69. The van der Waals surface area contributed by atoms with Gasteiger partial charge in [0.1, 0.15) is 11.3 Å². The minimum atomic E-state index is -0.265. The fourth-order valence-electron chi connectivity index (χ4n) is 2.48. The van der Waals surface area contributed by atoms with Gasteiger partial charge in [0.25, 0.3) is 0 Å². The lowest BCUT2D eigenvalue weighted by Gasteiger charge is -2.00. The van der Waals surface area contributed by atoms with E-state index in [-0.39, 0.29) is 5.91 Å². The first kappa shape index (κ1) is 16.2. The summed E-state index contributed by atoms with van der Waals surface area (Å²) >= 11 is 6.01. The minimum Gasteiger partial charge on any atom is -0.465 e. The van der Waals surface area contributed by atoms with Crippen LogP contribution in [0.3, 0.4) is 0 Å². The molecule has 0 aliphatic heterocycles. The topological polar surface area (TPSA) is 68.3 Å². The highest BCUT2D eigenvalue weighted by molar-refractivity contribution is 6.30. The number of rotatable bonds is 4. The summed E-state index contributed by atoms with van der Waals surface area (Å²) in [7, 11) is 0. The summed E-state index contributed by atoms with van der Waals surface area (Å²) in [6.45, 7) is 0. The molecule has 2 aromatic carbocycles. The Morgan fingerprint density at radius 2 is 2.04 bits per heavy atom. The van der Waals surface area contributed by atoms with Crippen molar-refractivity contribution < 1.29 is 13.6 Å². The third kappa shape index (κ3) is 3.53. The number of aromatic nitrogens is 1. The Morgan fingerprint density at radius 1 is 1.12 bits per heavy atom. The van der Waals surface area contributed by atoms with Crippen molar-refractivity contribution in [3.05, 3.63) is 77.7 Å². The molecule has 4 aromatic rings. The summed E-state index contributed by atoms with van der Waals surface area (Å²) in [4.78, 5) is 16.5. The molecule has 2 aromatic heterocycles. The van der Waals surface area contributed by atoms with Crippen molar-refractivity contribution in [2.75, 3.05) is 5.32 Å². The van der Waals surface area contributed by atoms with E-state index in [2.05, 4.69) is 10.3 Å². The van der Waals surface area contributed by atoms with Crippen molar-refractivity contribution in [1.82, 2.24) is 4.98 Å². The number of benzene rings is 2. The van der Waals surface area contributed by atoms with Crippen LogP contribution in [0.5, 0.6) is 0 Å². The van der Waals surface area contributed by atoms with Gasteiger partial charge in [-0.2, -0.15) is 0 Å². The number of nitrogens with one attached hydrogen (secondary N) is 1. The average molecular weight is 365 g/mol. The third-order valence-electron chi connectivity index (χ3n) is 3.67. The smallest absolute Gasteiger partial charge is 0.248 e. The van der Waals surface area contributed by atoms with E-state index in [1.807, 2.05) is 12.1 Å². The zero-order chi connectivity index (χ0) is 17.9. The van der Waals surface area contributed by atoms with Crippen LogP contribution >= 0.6 is 11.6 Å². The molecule has 0 radical (unpaired) electrons. The molecule has 6 heteroatoms. The van der Waals surface area contributed by atoms with Crippen LogP contribution in [0.1, 0.15) is 5.76 Å². The van der Waals surface area contributed by atoms with E-state index < -0.39 is 0 Å². The van der Waals surface area contributed by atoms with Crippen molar-refractivity contribution in [3.63, 3.8) is 0 Å². The van der Waals surface area contributed by atoms with Crippen LogP contribution in [0, 0.1) is 0 Å². The quantitative estimate of drug-likeness (QED) is 0.493. The molecule has 128 valence electrons. The van der Waals surface area contributed by atoms with Crippen LogP contribution < -0.4 is 5.32 Å². The second kappa shape index (κ2) is 6.90. The van der Waals surface area contributed by atoms with Crippen LogP contribution in [0.2, 0.25) is 5.02 Å². The largest absolute Gasteiger partial charge is 0.465 e. The van der Waals surface area contributed by atoms with Crippen LogP contribution in [0.25, 0.3) is 28.6 Å². The van der Waals surface area contributed by atoms with Gasteiger partial charge in [0, 0.05) is 22.3 Å². The minimum absolute atomic E-state index is 0.265. The summed E-state index contributed by atoms with van der Waals surface area (Å²) in [6, 6.07) is 16.1. The van der Waals surface area contributed by atoms with Gasteiger partial charge in [0.05, 0.1) is 6.26 Å². The van der Waals surface area contributed by atoms with Gasteiger partial charge in [-0.15, -0.1) is 0 Å². The number of nitrogens with zero attached hydrogens (tertiary/aromatic N) is 1. The van der Waals surface area contributed by atoms with E-state index in [0.29, 0.717) is 33.5 Å². The highest BCUT2D eigenvalue weighted by atomic mass is 35.5. The Labute approximate surface area is 153 Å². The van der Waals surface area contributed by atoms with Gasteiger partial charge in [0.15, 0.2) is 5.58 Å². The molecule has 0 bridgehead atoms. The molecule has 0 saturated carbocycles. The lowest BCUT2D eigenvalue weighted by Crippen LogP contribution is -2.07. The molecule has 0 aliphatic rings. The number of hydrogen-bond donors (Lipinski definition) is 1. The number of anilines is 1. The number of amides is 1. The molecule has 0 aliphatic carbocycles. The van der Waals surface area contributed by atoms with E-state index in [4.69, 9.17) is 20.4 Å². The molecule has 5 nitrogen and oxygen atoms in total. The number of carbonyl (C=O) groups is 1. The van der Waals surface area contributed by atoms with Crippen LogP contribution in [-0.2, 0) is 4.79 Å². The number of furan rings is 1. The second-order valence-corrected chi connectivity index (χ2v) is 5.99. The molecule has 0 saturated heterocycles. The van der Waals surface area contributed by atoms with Crippen LogP contribution in [0.15, 0.2) is 75.8 Å². The molecule has 0 unspecified atom stereocenters. The van der Waals surface area contributed by atoms with E-state index in [1.165, 1.54) is 6.08 Å². The SMILES string of the molecule is O=C(C=Cc1ccco1)Nc1ccc2oc(-c3cccc(Cl)c3)nc2c1. The van der Waals surface area contributed by atoms with Gasteiger partial charge in [-0.25, -0.2) is 4.98 Å². The highest BCUT2D eigenvalue weighted by Crippen LogP contribution is 2.27. The molecule has 26 heavy (non-hydrogen) atoms. The first-order chi connectivity index (χ1) is 12.7. The van der Waals surface area contributed by atoms with Gasteiger partial charge in [-0.05, 0) is 54.6 Å². The molecule has 1 amide bonds. The molecule has 1 N–H and O–H groups in total. The fraction of sp³-hybridized carbons (Fsp3) is 0. The molecule has 4 rings (SSSR count). The zero-order valence-corrected chi connectivity index (χ0v) is 14.2. The second-order valence-electron chi connectivity index (χ2n) is 5.55. The number of hydrogen-bond acceptors (Lipinski definition) is 4. The Morgan fingerprint density at radius 3 is 2.85 bits per heavy atom. The molecule has 2 heterocycles. The van der Waals surface area contributed by atoms with Crippen LogP contribution in [-0.4, -0.2) is 10.9 Å². The Kier molecular flexibility index (Phi) is 4.29. The van der Waals surface area contributed by atoms with Gasteiger partial charge in [-0.1, -0.05) is 17.7 Å². The van der Waals surface area contributed by atoms with Gasteiger partial charge in [-0.3, -0.25) is 4.79 Å². The monoisotopic (exact) mass is 364 g/mol. The standard InChI is InChI=1S/C20H13ClN2O3/c21-14-4-1-3-13(11-14)20-23-17-12-15(6-8-18(17)26-20)22-19(24)9-7-16-5-2-10-25-16/h1-12H,(H,22,24). The van der Waals surface area contributed by atoms with Crippen molar-refractivity contribution in [3.8, 4) is 11.5 Å². The van der Waals surface area contributed by atoms with Crippen molar-refractivity contribution in [1.29, 1.82) is 0 Å². The maximum Gasteiger partial charge on any atom is 0.248 e. The maximum atomic E-state index is 12.0. The van der Waals surface area contributed by atoms with Crippen molar-refractivity contribution in [2.45, 2.75) is 0 Å².